The van der Waals surface area contributed by atoms with Gasteiger partial charge < -0.3 is 19.9 Å². The molecule has 2 aliphatic heterocycles. The van der Waals surface area contributed by atoms with E-state index in [1.165, 1.54) is 0 Å². The first-order valence-electron chi connectivity index (χ1n) is 13.3. The van der Waals surface area contributed by atoms with E-state index in [9.17, 15) is 9.18 Å². The highest BCUT2D eigenvalue weighted by molar-refractivity contribution is 6.10. The molecule has 2 aliphatic rings. The minimum Gasteiger partial charge on any atom is -0.438 e. The minimum atomic E-state index is -1.01. The van der Waals surface area contributed by atoms with Gasteiger partial charge in [0.25, 0.3) is 5.91 Å². The van der Waals surface area contributed by atoms with Crippen LogP contribution in [0.5, 0.6) is 11.6 Å². The topological polar surface area (TPSA) is 70.6 Å². The monoisotopic (exact) mass is 511 g/mol. The molecule has 1 atom stereocenters. The van der Waals surface area contributed by atoms with Crippen LogP contribution in [-0.2, 0) is 0 Å². The van der Waals surface area contributed by atoms with Gasteiger partial charge in [0, 0.05) is 59.6 Å². The largest absolute Gasteiger partial charge is 0.438 e. The summed E-state index contributed by atoms with van der Waals surface area (Å²) in [6.07, 6.45) is 5.35. The fraction of sp³-hybridized carbons (Fsp3) is 0.300. The molecule has 3 heterocycles. The Balaban J connectivity index is 1.24. The molecule has 1 unspecified atom stereocenters. The number of halogens is 1. The number of nitrogens with zero attached hydrogens (tertiary/aromatic N) is 4. The van der Waals surface area contributed by atoms with E-state index in [0.717, 1.165) is 55.2 Å². The Labute approximate surface area is 221 Å². The van der Waals surface area contributed by atoms with Crippen LogP contribution in [0.4, 0.5) is 21.7 Å². The summed E-state index contributed by atoms with van der Waals surface area (Å²) in [5, 5.41) is 4.75. The maximum Gasteiger partial charge on any atom is 0.255 e. The lowest BCUT2D eigenvalue weighted by Crippen LogP contribution is -2.36. The van der Waals surface area contributed by atoms with Gasteiger partial charge in [0.1, 0.15) is 5.75 Å². The summed E-state index contributed by atoms with van der Waals surface area (Å²) >= 11 is 0. The van der Waals surface area contributed by atoms with Gasteiger partial charge in [-0.2, -0.15) is 4.98 Å². The Morgan fingerprint density at radius 3 is 2.58 bits per heavy atom. The van der Waals surface area contributed by atoms with Crippen LogP contribution >= 0.6 is 0 Å². The van der Waals surface area contributed by atoms with Crippen molar-refractivity contribution in [2.24, 2.45) is 0 Å². The van der Waals surface area contributed by atoms with E-state index < -0.39 is 6.30 Å². The molecule has 1 amide bonds. The van der Waals surface area contributed by atoms with Crippen molar-refractivity contribution in [1.82, 2.24) is 9.97 Å². The van der Waals surface area contributed by atoms with E-state index >= 15 is 0 Å². The molecule has 0 spiro atoms. The van der Waals surface area contributed by atoms with Crippen molar-refractivity contribution in [2.45, 2.75) is 38.4 Å². The third kappa shape index (κ3) is 4.98. The Morgan fingerprint density at radius 2 is 1.74 bits per heavy atom. The number of anilines is 3. The molecular weight excluding hydrogens is 481 g/mol. The van der Waals surface area contributed by atoms with Crippen LogP contribution in [0.3, 0.4) is 0 Å². The number of rotatable bonds is 6. The lowest BCUT2D eigenvalue weighted by atomic mass is 10.1. The van der Waals surface area contributed by atoms with Crippen molar-refractivity contribution in [3.05, 3.63) is 78.5 Å². The van der Waals surface area contributed by atoms with Gasteiger partial charge in [-0.1, -0.05) is 30.3 Å². The van der Waals surface area contributed by atoms with Crippen molar-refractivity contribution < 1.29 is 13.9 Å². The van der Waals surface area contributed by atoms with Crippen molar-refractivity contribution in [1.29, 1.82) is 0 Å². The average molecular weight is 512 g/mol. The summed E-state index contributed by atoms with van der Waals surface area (Å²) in [5.41, 5.74) is 1.89. The molecule has 0 bridgehead atoms. The van der Waals surface area contributed by atoms with Crippen LogP contribution in [0.15, 0.2) is 72.9 Å². The normalized spacial score (nSPS) is 17.6. The summed E-state index contributed by atoms with van der Waals surface area (Å²) in [6, 6.07) is 20.4. The molecule has 4 aromatic rings. The lowest BCUT2D eigenvalue weighted by molar-refractivity contribution is 0.102. The molecular formula is C30H30FN5O2. The Hall–Kier alpha value is -4.20. The molecule has 38 heavy (non-hydrogen) atoms. The lowest BCUT2D eigenvalue weighted by Gasteiger charge is -2.32. The van der Waals surface area contributed by atoms with E-state index in [1.54, 1.807) is 35.4 Å². The molecule has 8 heteroatoms. The van der Waals surface area contributed by atoms with E-state index in [1.807, 2.05) is 42.5 Å². The van der Waals surface area contributed by atoms with Crippen molar-refractivity contribution in [3.63, 3.8) is 0 Å². The second-order valence-electron chi connectivity index (χ2n) is 9.78. The number of hydrogen-bond acceptors (Lipinski definition) is 6. The zero-order valence-electron chi connectivity index (χ0n) is 21.1. The highest BCUT2D eigenvalue weighted by atomic mass is 19.1. The Morgan fingerprint density at radius 1 is 0.921 bits per heavy atom. The maximum absolute atomic E-state index is 14.5. The van der Waals surface area contributed by atoms with Crippen LogP contribution in [0.25, 0.3) is 10.8 Å². The van der Waals surface area contributed by atoms with E-state index in [2.05, 4.69) is 20.2 Å². The van der Waals surface area contributed by atoms with Gasteiger partial charge in [0.05, 0.1) is 0 Å². The number of nitrogens with one attached hydrogen (secondary N) is 1. The van der Waals surface area contributed by atoms with Crippen LogP contribution in [0.1, 0.15) is 42.5 Å². The van der Waals surface area contributed by atoms with Gasteiger partial charge in [-0.25, -0.2) is 9.37 Å². The fourth-order valence-corrected chi connectivity index (χ4v) is 5.24. The molecule has 1 aromatic heterocycles. The SMILES string of the molecule is O=C(Nc1ccc(Oc2ccnc(N3CCCC3)n2)c2ccccc12)c1cccc(N2CCCCC2F)c1. The highest BCUT2D eigenvalue weighted by Crippen LogP contribution is 2.35. The third-order valence-electron chi connectivity index (χ3n) is 7.22. The number of fused-ring (bicyclic) bond motifs is 1. The first-order valence-corrected chi connectivity index (χ1v) is 13.3. The van der Waals surface area contributed by atoms with Crippen LogP contribution in [0.2, 0.25) is 0 Å². The molecule has 1 N–H and O–H groups in total. The molecule has 7 nitrogen and oxygen atoms in total. The third-order valence-corrected chi connectivity index (χ3v) is 7.22. The summed E-state index contributed by atoms with van der Waals surface area (Å²) in [4.78, 5) is 26.2. The van der Waals surface area contributed by atoms with Crippen molar-refractivity contribution >= 4 is 34.0 Å². The van der Waals surface area contributed by atoms with Gasteiger partial charge in [-0.3, -0.25) is 4.79 Å². The van der Waals surface area contributed by atoms with E-state index in [4.69, 9.17) is 4.74 Å². The Kier molecular flexibility index (Phi) is 6.77. The summed E-state index contributed by atoms with van der Waals surface area (Å²) < 4.78 is 20.7. The van der Waals surface area contributed by atoms with E-state index in [-0.39, 0.29) is 5.91 Å². The first-order chi connectivity index (χ1) is 18.7. The molecule has 2 fully saturated rings. The number of carbonyl (C=O) groups excluding carboxylic acids is 1. The number of piperidine rings is 1. The standard InChI is InChI=1S/C30H30FN5O2/c31-27-12-3-4-19-36(27)22-9-7-8-21(20-22)29(37)33-25-13-14-26(24-11-2-1-10-23(24)25)38-28-15-16-32-30(34-28)35-17-5-6-18-35/h1-2,7-11,13-16,20,27H,3-6,12,17-19H2,(H,33,37). The van der Waals surface area contributed by atoms with Gasteiger partial charge in [-0.05, 0) is 62.4 Å². The zero-order valence-corrected chi connectivity index (χ0v) is 21.1. The molecule has 2 saturated heterocycles. The second kappa shape index (κ2) is 10.7. The number of carbonyl (C=O) groups is 1. The summed E-state index contributed by atoms with van der Waals surface area (Å²) in [7, 11) is 0. The van der Waals surface area contributed by atoms with Crippen molar-refractivity contribution in [2.75, 3.05) is 34.8 Å². The van der Waals surface area contributed by atoms with Crippen molar-refractivity contribution in [3.8, 4) is 11.6 Å². The molecule has 6 rings (SSSR count). The van der Waals surface area contributed by atoms with Gasteiger partial charge in [-0.15, -0.1) is 0 Å². The molecule has 0 radical (unpaired) electrons. The zero-order chi connectivity index (χ0) is 25.9. The molecule has 0 aliphatic carbocycles. The fourth-order valence-electron chi connectivity index (χ4n) is 5.24. The number of benzene rings is 3. The van der Waals surface area contributed by atoms with Gasteiger partial charge in [0.2, 0.25) is 11.8 Å². The number of alkyl halides is 1. The molecule has 0 saturated carbocycles. The highest BCUT2D eigenvalue weighted by Gasteiger charge is 2.23. The van der Waals surface area contributed by atoms with Crippen LogP contribution in [0, 0.1) is 0 Å². The van der Waals surface area contributed by atoms with Crippen LogP contribution in [-0.4, -0.2) is 41.8 Å². The maximum atomic E-state index is 14.5. The minimum absolute atomic E-state index is 0.246. The molecule has 3 aromatic carbocycles. The van der Waals surface area contributed by atoms with Gasteiger partial charge in [0.15, 0.2) is 6.30 Å². The average Bonchev–Trinajstić information content (AvgIpc) is 3.50. The number of ether oxygens (including phenoxy) is 1. The predicted molar refractivity (Wildman–Crippen MR) is 148 cm³/mol. The van der Waals surface area contributed by atoms with Crippen LogP contribution < -0.4 is 19.9 Å². The molecule has 194 valence electrons. The summed E-state index contributed by atoms with van der Waals surface area (Å²) in [5.74, 6) is 1.55. The number of aromatic nitrogens is 2. The van der Waals surface area contributed by atoms with Gasteiger partial charge >= 0.3 is 0 Å². The smallest absolute Gasteiger partial charge is 0.255 e. The Bertz CT molecular complexity index is 1460. The quantitative estimate of drug-likeness (QED) is 0.296. The summed E-state index contributed by atoms with van der Waals surface area (Å²) in [6.45, 7) is 2.57. The number of hydrogen-bond donors (Lipinski definition) is 1. The van der Waals surface area contributed by atoms with E-state index in [0.29, 0.717) is 41.8 Å². The second-order valence-corrected chi connectivity index (χ2v) is 9.78. The predicted octanol–water partition coefficient (Wildman–Crippen LogP) is 6.56. The first kappa shape index (κ1) is 24.2. The number of amides is 1.